The predicted octanol–water partition coefficient (Wildman–Crippen LogP) is 0.454. The van der Waals surface area contributed by atoms with Crippen molar-refractivity contribution in [2.45, 2.75) is 20.3 Å². The van der Waals surface area contributed by atoms with E-state index in [-0.39, 0.29) is 12.3 Å². The van der Waals surface area contributed by atoms with Gasteiger partial charge in [0.05, 0.1) is 6.42 Å². The molecule has 16 heavy (non-hydrogen) atoms. The summed E-state index contributed by atoms with van der Waals surface area (Å²) in [4.78, 5) is 29.0. The van der Waals surface area contributed by atoms with Gasteiger partial charge in [0.2, 0.25) is 17.8 Å². The summed E-state index contributed by atoms with van der Waals surface area (Å²) < 4.78 is 0. The molecule has 4 N–H and O–H groups in total. The Hall–Kier alpha value is -1.85. The Morgan fingerprint density at radius 1 is 1.62 bits per heavy atom. The Balaban J connectivity index is 2.39. The van der Waals surface area contributed by atoms with Crippen molar-refractivity contribution in [1.82, 2.24) is 9.97 Å². The Morgan fingerprint density at radius 3 is 2.81 bits per heavy atom. The normalized spacial score (nSPS) is 11.1. The van der Waals surface area contributed by atoms with Gasteiger partial charge in [-0.3, -0.25) is 14.9 Å². The lowest BCUT2D eigenvalue weighted by atomic mass is 9.87. The molecular formula is C10H15N4O2. The molecule has 1 aromatic rings. The molecule has 0 spiro atoms. The van der Waals surface area contributed by atoms with Gasteiger partial charge in [0.1, 0.15) is 0 Å². The molecule has 1 heterocycles. The molecule has 0 saturated carbocycles. The van der Waals surface area contributed by atoms with Crippen molar-refractivity contribution in [2.75, 3.05) is 5.32 Å². The summed E-state index contributed by atoms with van der Waals surface area (Å²) in [5, 5.41) is 2.52. The van der Waals surface area contributed by atoms with Crippen molar-refractivity contribution in [1.29, 1.82) is 0 Å². The van der Waals surface area contributed by atoms with Crippen LogP contribution in [-0.2, 0) is 9.59 Å². The standard InChI is InChI=1S/C10H15N4O2/c1-10(2,8(11)16)4-3-7(15)14-9-12-5-6-13-9/h3,5-6H,4H2,1-2H3,(H2,11,16)(H2,12,13,14,15). The topological polar surface area (TPSA) is 101 Å². The quantitative estimate of drug-likeness (QED) is 0.675. The van der Waals surface area contributed by atoms with Crippen molar-refractivity contribution in [3.8, 4) is 0 Å². The Labute approximate surface area is 93.6 Å². The van der Waals surface area contributed by atoms with Gasteiger partial charge in [-0.25, -0.2) is 4.98 Å². The number of anilines is 1. The minimum Gasteiger partial charge on any atom is -0.369 e. The summed E-state index contributed by atoms with van der Waals surface area (Å²) in [5.41, 5.74) is 4.46. The number of imidazole rings is 1. The molecule has 0 aliphatic heterocycles. The summed E-state index contributed by atoms with van der Waals surface area (Å²) in [6, 6.07) is 0. The van der Waals surface area contributed by atoms with E-state index in [1.54, 1.807) is 20.0 Å². The average molecular weight is 223 g/mol. The molecule has 1 aromatic heterocycles. The van der Waals surface area contributed by atoms with E-state index >= 15 is 0 Å². The second kappa shape index (κ2) is 4.78. The number of rotatable bonds is 5. The van der Waals surface area contributed by atoms with Gasteiger partial charge >= 0.3 is 0 Å². The molecule has 1 radical (unpaired) electrons. The molecule has 6 heteroatoms. The van der Waals surface area contributed by atoms with Crippen LogP contribution < -0.4 is 11.1 Å². The van der Waals surface area contributed by atoms with Crippen LogP contribution in [0, 0.1) is 11.8 Å². The number of hydrogen-bond donors (Lipinski definition) is 3. The van der Waals surface area contributed by atoms with Gasteiger partial charge in [-0.05, 0) is 6.42 Å². The summed E-state index contributed by atoms with van der Waals surface area (Å²) in [6.07, 6.45) is 4.80. The van der Waals surface area contributed by atoms with Crippen LogP contribution in [0.4, 0.5) is 5.95 Å². The first kappa shape index (κ1) is 12.2. The monoisotopic (exact) mass is 223 g/mol. The van der Waals surface area contributed by atoms with Crippen molar-refractivity contribution >= 4 is 17.8 Å². The summed E-state index contributed by atoms with van der Waals surface area (Å²) >= 11 is 0. The van der Waals surface area contributed by atoms with Crippen LogP contribution >= 0.6 is 0 Å². The fourth-order valence-corrected chi connectivity index (χ4v) is 0.950. The zero-order chi connectivity index (χ0) is 12.2. The number of hydrogen-bond acceptors (Lipinski definition) is 3. The van der Waals surface area contributed by atoms with E-state index in [1.807, 2.05) is 0 Å². The van der Waals surface area contributed by atoms with E-state index in [1.165, 1.54) is 12.6 Å². The van der Waals surface area contributed by atoms with Gasteiger partial charge in [0.25, 0.3) is 0 Å². The van der Waals surface area contributed by atoms with Crippen LogP contribution in [0.5, 0.6) is 0 Å². The van der Waals surface area contributed by atoms with Gasteiger partial charge < -0.3 is 10.7 Å². The molecule has 6 nitrogen and oxygen atoms in total. The Bertz CT molecular complexity index is 370. The number of H-pyrrole nitrogens is 1. The second-order valence-corrected chi connectivity index (χ2v) is 4.08. The van der Waals surface area contributed by atoms with Crippen LogP contribution in [0.3, 0.4) is 0 Å². The number of nitrogens with two attached hydrogens (primary N) is 1. The molecular weight excluding hydrogens is 208 g/mol. The fraction of sp³-hybridized carbons (Fsp3) is 0.400. The van der Waals surface area contributed by atoms with Crippen LogP contribution in [0.2, 0.25) is 0 Å². The molecule has 1 rings (SSSR count). The molecule has 0 aliphatic carbocycles. The molecule has 0 atom stereocenters. The summed E-state index contributed by atoms with van der Waals surface area (Å²) in [7, 11) is 0. The Kier molecular flexibility index (Phi) is 3.65. The molecule has 0 aliphatic rings. The molecule has 0 fully saturated rings. The van der Waals surface area contributed by atoms with E-state index in [0.717, 1.165) is 0 Å². The molecule has 0 aromatic carbocycles. The third-order valence-corrected chi connectivity index (χ3v) is 2.20. The predicted molar refractivity (Wildman–Crippen MR) is 59.1 cm³/mol. The first-order chi connectivity index (χ1) is 7.42. The lowest BCUT2D eigenvalue weighted by molar-refractivity contribution is -0.126. The number of carbonyl (C=O) groups is 2. The number of amides is 2. The second-order valence-electron chi connectivity index (χ2n) is 4.08. The van der Waals surface area contributed by atoms with E-state index in [2.05, 4.69) is 15.3 Å². The Morgan fingerprint density at radius 2 is 2.31 bits per heavy atom. The van der Waals surface area contributed by atoms with E-state index in [4.69, 9.17) is 5.73 Å². The van der Waals surface area contributed by atoms with Crippen LogP contribution in [0.1, 0.15) is 20.3 Å². The zero-order valence-electron chi connectivity index (χ0n) is 9.28. The molecule has 0 bridgehead atoms. The summed E-state index contributed by atoms with van der Waals surface area (Å²) in [6.45, 7) is 3.37. The van der Waals surface area contributed by atoms with Crippen molar-refractivity contribution in [2.24, 2.45) is 11.1 Å². The fourth-order valence-electron chi connectivity index (χ4n) is 0.950. The number of nitrogens with zero attached hydrogens (tertiary/aromatic N) is 1. The number of aromatic nitrogens is 2. The highest BCUT2D eigenvalue weighted by molar-refractivity contribution is 5.96. The first-order valence-corrected chi connectivity index (χ1v) is 4.85. The number of nitrogens with one attached hydrogen (secondary N) is 2. The molecule has 0 saturated heterocycles. The maximum atomic E-state index is 11.4. The lowest BCUT2D eigenvalue weighted by Gasteiger charge is -2.19. The SMILES string of the molecule is CC(C)(C[CH]C(=O)Nc1ncc[nH]1)C(N)=O. The molecule has 0 unspecified atom stereocenters. The van der Waals surface area contributed by atoms with Gasteiger partial charge in [0.15, 0.2) is 0 Å². The van der Waals surface area contributed by atoms with Crippen molar-refractivity contribution in [3.05, 3.63) is 18.8 Å². The minimum atomic E-state index is -0.722. The summed E-state index contributed by atoms with van der Waals surface area (Å²) in [5.74, 6) is -0.378. The van der Waals surface area contributed by atoms with Crippen LogP contribution in [-0.4, -0.2) is 21.8 Å². The number of primary amides is 1. The highest BCUT2D eigenvalue weighted by atomic mass is 16.2. The van der Waals surface area contributed by atoms with Gasteiger partial charge in [-0.1, -0.05) is 13.8 Å². The van der Waals surface area contributed by atoms with E-state index in [9.17, 15) is 9.59 Å². The van der Waals surface area contributed by atoms with Crippen molar-refractivity contribution in [3.63, 3.8) is 0 Å². The van der Waals surface area contributed by atoms with Gasteiger partial charge in [-0.2, -0.15) is 0 Å². The highest BCUT2D eigenvalue weighted by Crippen LogP contribution is 2.20. The lowest BCUT2D eigenvalue weighted by Crippen LogP contribution is -2.32. The average Bonchev–Trinajstić information content (AvgIpc) is 2.67. The van der Waals surface area contributed by atoms with Crippen LogP contribution in [0.25, 0.3) is 0 Å². The van der Waals surface area contributed by atoms with Crippen LogP contribution in [0.15, 0.2) is 12.4 Å². The third kappa shape index (κ3) is 3.38. The highest BCUT2D eigenvalue weighted by Gasteiger charge is 2.25. The maximum absolute atomic E-state index is 11.4. The maximum Gasteiger partial charge on any atom is 0.230 e. The largest absolute Gasteiger partial charge is 0.369 e. The smallest absolute Gasteiger partial charge is 0.230 e. The van der Waals surface area contributed by atoms with E-state index < -0.39 is 11.3 Å². The van der Waals surface area contributed by atoms with Crippen molar-refractivity contribution < 1.29 is 9.59 Å². The van der Waals surface area contributed by atoms with Gasteiger partial charge in [-0.15, -0.1) is 0 Å². The first-order valence-electron chi connectivity index (χ1n) is 4.85. The van der Waals surface area contributed by atoms with Gasteiger partial charge in [0, 0.05) is 17.8 Å². The van der Waals surface area contributed by atoms with E-state index in [0.29, 0.717) is 5.95 Å². The third-order valence-electron chi connectivity index (χ3n) is 2.20. The molecule has 2 amide bonds. The number of carbonyl (C=O) groups excluding carboxylic acids is 2. The number of aromatic amines is 1. The zero-order valence-corrected chi connectivity index (χ0v) is 9.28. The molecule has 87 valence electrons. The minimum absolute atomic E-state index is 0.287.